The molecule has 0 bridgehead atoms. The van der Waals surface area contributed by atoms with Gasteiger partial charge < -0.3 is 4.90 Å². The Morgan fingerprint density at radius 1 is 1.40 bits per heavy atom. The maximum Gasteiger partial charge on any atom is 0.232 e. The van der Waals surface area contributed by atoms with Crippen LogP contribution in [0.5, 0.6) is 0 Å². The molecule has 0 aliphatic heterocycles. The van der Waals surface area contributed by atoms with Gasteiger partial charge >= 0.3 is 0 Å². The van der Waals surface area contributed by atoms with Crippen LogP contribution < -0.4 is 0 Å². The van der Waals surface area contributed by atoms with Crippen LogP contribution in [0.4, 0.5) is 0 Å². The van der Waals surface area contributed by atoms with E-state index in [-0.39, 0.29) is 5.75 Å². The van der Waals surface area contributed by atoms with E-state index < -0.39 is 9.05 Å². The number of hydrogen-bond donors (Lipinski definition) is 0. The van der Waals surface area contributed by atoms with Crippen molar-refractivity contribution in [3.63, 3.8) is 0 Å². The van der Waals surface area contributed by atoms with Crippen LogP contribution in [-0.4, -0.2) is 38.7 Å². The lowest BCUT2D eigenvalue weighted by atomic mass is 9.85. The van der Waals surface area contributed by atoms with Gasteiger partial charge in [0.15, 0.2) is 0 Å². The molecule has 5 heteroatoms. The minimum absolute atomic E-state index is 0.0930. The Labute approximate surface area is 97.2 Å². The van der Waals surface area contributed by atoms with E-state index in [2.05, 4.69) is 11.8 Å². The molecule has 0 amide bonds. The second kappa shape index (κ2) is 6.06. The maximum atomic E-state index is 10.7. The molecule has 0 aromatic heterocycles. The zero-order valence-electron chi connectivity index (χ0n) is 9.28. The van der Waals surface area contributed by atoms with Crippen LogP contribution in [0.1, 0.15) is 32.6 Å². The van der Waals surface area contributed by atoms with Gasteiger partial charge in [0, 0.05) is 17.2 Å². The lowest BCUT2D eigenvalue weighted by Crippen LogP contribution is -2.33. The zero-order chi connectivity index (χ0) is 11.3. The lowest BCUT2D eigenvalue weighted by Gasteiger charge is -2.31. The largest absolute Gasteiger partial charge is 0.303 e. The minimum atomic E-state index is -3.30. The highest BCUT2D eigenvalue weighted by Crippen LogP contribution is 2.27. The number of nitrogens with zero attached hydrogens (tertiary/aromatic N) is 1. The van der Waals surface area contributed by atoms with Gasteiger partial charge in [-0.1, -0.05) is 13.3 Å². The summed E-state index contributed by atoms with van der Waals surface area (Å²) in [6.07, 6.45) is 4.68. The van der Waals surface area contributed by atoms with Crippen molar-refractivity contribution in [3.05, 3.63) is 0 Å². The molecule has 0 aromatic carbocycles. The van der Waals surface area contributed by atoms with E-state index in [0.29, 0.717) is 6.42 Å². The Morgan fingerprint density at radius 2 is 2.07 bits per heavy atom. The predicted molar refractivity (Wildman–Crippen MR) is 63.7 cm³/mol. The molecule has 1 aliphatic carbocycles. The monoisotopic (exact) mass is 253 g/mol. The Bertz CT molecular complexity index is 275. The molecule has 0 heterocycles. The van der Waals surface area contributed by atoms with Gasteiger partial charge in [-0.15, -0.1) is 0 Å². The van der Waals surface area contributed by atoms with Crippen molar-refractivity contribution >= 4 is 19.7 Å². The van der Waals surface area contributed by atoms with Gasteiger partial charge in [0.05, 0.1) is 5.75 Å². The van der Waals surface area contributed by atoms with Gasteiger partial charge in [-0.2, -0.15) is 0 Å². The van der Waals surface area contributed by atoms with Gasteiger partial charge in [-0.3, -0.25) is 0 Å². The molecule has 0 spiro atoms. The highest BCUT2D eigenvalue weighted by molar-refractivity contribution is 8.13. The predicted octanol–water partition coefficient (Wildman–Crippen LogP) is 2.07. The Balaban J connectivity index is 2.15. The van der Waals surface area contributed by atoms with Gasteiger partial charge in [0.1, 0.15) is 0 Å². The first-order valence-corrected chi connectivity index (χ1v) is 8.14. The van der Waals surface area contributed by atoms with Gasteiger partial charge in [-0.25, -0.2) is 8.42 Å². The summed E-state index contributed by atoms with van der Waals surface area (Å²) in [5.74, 6) is 0.938. The van der Waals surface area contributed by atoms with Crippen LogP contribution in [0.15, 0.2) is 0 Å². The van der Waals surface area contributed by atoms with Crippen molar-refractivity contribution in [2.24, 2.45) is 5.92 Å². The Kier molecular flexibility index (Phi) is 5.36. The average Bonchev–Trinajstić information content (AvgIpc) is 2.05. The first-order chi connectivity index (χ1) is 7.01. The van der Waals surface area contributed by atoms with Crippen molar-refractivity contribution in [1.82, 2.24) is 4.90 Å². The first-order valence-electron chi connectivity index (χ1n) is 5.66. The van der Waals surface area contributed by atoms with Gasteiger partial charge in [0.25, 0.3) is 0 Å². The molecule has 0 aromatic rings. The highest BCUT2D eigenvalue weighted by atomic mass is 35.7. The maximum absolute atomic E-state index is 10.7. The molecule has 0 atom stereocenters. The highest BCUT2D eigenvalue weighted by Gasteiger charge is 2.19. The smallest absolute Gasteiger partial charge is 0.232 e. The molecule has 1 rings (SSSR count). The molecule has 1 aliphatic rings. The van der Waals surface area contributed by atoms with E-state index in [1.54, 1.807) is 0 Å². The Hall–Kier alpha value is 0.200. The summed E-state index contributed by atoms with van der Waals surface area (Å²) in [5, 5.41) is 0. The fraction of sp³-hybridized carbons (Fsp3) is 1.00. The van der Waals surface area contributed by atoms with Crippen LogP contribution in [0.3, 0.4) is 0 Å². The SMILES string of the molecule is CCN(CCCS(=O)(=O)Cl)CC1CCC1. The average molecular weight is 254 g/mol. The summed E-state index contributed by atoms with van der Waals surface area (Å²) in [5.41, 5.74) is 0. The molecule has 15 heavy (non-hydrogen) atoms. The number of halogens is 1. The fourth-order valence-corrected chi connectivity index (χ4v) is 2.68. The van der Waals surface area contributed by atoms with E-state index in [4.69, 9.17) is 10.7 Å². The standard InChI is InChI=1S/C10H20ClNO2S/c1-2-12(9-10-5-3-6-10)7-4-8-15(11,13)14/h10H,2-9H2,1H3. The van der Waals surface area contributed by atoms with Crippen molar-refractivity contribution in [1.29, 1.82) is 0 Å². The first kappa shape index (κ1) is 13.3. The van der Waals surface area contributed by atoms with Crippen LogP contribution in [0.2, 0.25) is 0 Å². The molecule has 3 nitrogen and oxygen atoms in total. The summed E-state index contributed by atoms with van der Waals surface area (Å²) in [6, 6.07) is 0. The van der Waals surface area contributed by atoms with Crippen LogP contribution in [0, 0.1) is 5.92 Å². The molecule has 0 radical (unpaired) electrons. The van der Waals surface area contributed by atoms with E-state index in [1.807, 2.05) is 0 Å². The molecule has 1 saturated carbocycles. The van der Waals surface area contributed by atoms with Crippen LogP contribution in [-0.2, 0) is 9.05 Å². The van der Waals surface area contributed by atoms with E-state index in [1.165, 1.54) is 19.3 Å². The number of rotatable bonds is 7. The Morgan fingerprint density at radius 3 is 2.47 bits per heavy atom. The van der Waals surface area contributed by atoms with Crippen molar-refractivity contribution < 1.29 is 8.42 Å². The van der Waals surface area contributed by atoms with Gasteiger partial charge in [-0.05, 0) is 38.3 Å². The van der Waals surface area contributed by atoms with Crippen molar-refractivity contribution in [3.8, 4) is 0 Å². The summed E-state index contributed by atoms with van der Waals surface area (Å²) in [6.45, 7) is 5.09. The fourth-order valence-electron chi connectivity index (χ4n) is 1.88. The third kappa shape index (κ3) is 5.73. The topological polar surface area (TPSA) is 37.4 Å². The molecular weight excluding hydrogens is 234 g/mol. The van der Waals surface area contributed by atoms with Crippen molar-refractivity contribution in [2.75, 3.05) is 25.4 Å². The quantitative estimate of drug-likeness (QED) is 0.652. The van der Waals surface area contributed by atoms with Crippen LogP contribution in [0.25, 0.3) is 0 Å². The van der Waals surface area contributed by atoms with Gasteiger partial charge in [0.2, 0.25) is 9.05 Å². The summed E-state index contributed by atoms with van der Waals surface area (Å²) in [4.78, 5) is 2.33. The zero-order valence-corrected chi connectivity index (χ0v) is 10.9. The molecular formula is C10H20ClNO2S. The van der Waals surface area contributed by atoms with Crippen LogP contribution >= 0.6 is 10.7 Å². The third-order valence-corrected chi connectivity index (χ3v) is 4.29. The molecule has 1 fully saturated rings. The second-order valence-corrected chi connectivity index (χ2v) is 7.18. The minimum Gasteiger partial charge on any atom is -0.303 e. The molecule has 0 saturated heterocycles. The lowest BCUT2D eigenvalue weighted by molar-refractivity contribution is 0.184. The summed E-state index contributed by atoms with van der Waals surface area (Å²) < 4.78 is 21.5. The third-order valence-electron chi connectivity index (χ3n) is 3.05. The summed E-state index contributed by atoms with van der Waals surface area (Å²) in [7, 11) is 1.86. The summed E-state index contributed by atoms with van der Waals surface area (Å²) >= 11 is 0. The van der Waals surface area contributed by atoms with E-state index in [9.17, 15) is 8.42 Å². The van der Waals surface area contributed by atoms with E-state index in [0.717, 1.165) is 25.6 Å². The molecule has 0 unspecified atom stereocenters. The molecule has 0 N–H and O–H groups in total. The second-order valence-electron chi connectivity index (χ2n) is 4.29. The number of hydrogen-bond acceptors (Lipinski definition) is 3. The normalized spacial score (nSPS) is 18.1. The van der Waals surface area contributed by atoms with E-state index >= 15 is 0 Å². The van der Waals surface area contributed by atoms with Crippen molar-refractivity contribution in [2.45, 2.75) is 32.6 Å². The molecule has 90 valence electrons.